The zero-order valence-corrected chi connectivity index (χ0v) is 18.8. The van der Waals surface area contributed by atoms with Gasteiger partial charge in [0.1, 0.15) is 6.61 Å². The average molecular weight is 451 g/mol. The fourth-order valence-corrected chi connectivity index (χ4v) is 3.84. The first-order chi connectivity index (χ1) is 14.6. The maximum absolute atomic E-state index is 11.6. The van der Waals surface area contributed by atoms with Gasteiger partial charge in [0.2, 0.25) is 5.91 Å². The highest BCUT2D eigenvalue weighted by Crippen LogP contribution is 2.37. The number of likely N-dealkylation sites (tertiary alicyclic amines) is 1. The molecule has 5 nitrogen and oxygen atoms in total. The Morgan fingerprint density at radius 2 is 1.90 bits per heavy atom. The fraction of sp³-hybridized carbons (Fsp3) is 0.435. The summed E-state index contributed by atoms with van der Waals surface area (Å²) < 4.78 is 11.7. The molecule has 1 N–H and O–H groups in total. The molecule has 30 heavy (non-hydrogen) atoms. The maximum Gasteiger partial charge on any atom is 0.222 e. The molecule has 1 amide bonds. The van der Waals surface area contributed by atoms with Crippen LogP contribution in [0.3, 0.4) is 0 Å². The number of carbonyl (C=O) groups is 1. The molecule has 1 aliphatic rings. The number of halogens is 2. The highest BCUT2D eigenvalue weighted by atomic mass is 35.5. The number of hydrogen-bond donors (Lipinski definition) is 1. The maximum atomic E-state index is 11.6. The van der Waals surface area contributed by atoms with Crippen LogP contribution in [0.4, 0.5) is 0 Å². The van der Waals surface area contributed by atoms with Crippen LogP contribution < -0.4 is 14.8 Å². The van der Waals surface area contributed by atoms with Crippen molar-refractivity contribution in [1.82, 2.24) is 10.2 Å². The summed E-state index contributed by atoms with van der Waals surface area (Å²) in [4.78, 5) is 13.6. The van der Waals surface area contributed by atoms with Crippen molar-refractivity contribution in [3.63, 3.8) is 0 Å². The van der Waals surface area contributed by atoms with Crippen molar-refractivity contribution in [2.75, 3.05) is 26.2 Å². The molecule has 0 radical (unpaired) electrons. The number of amides is 1. The van der Waals surface area contributed by atoms with Crippen molar-refractivity contribution in [2.24, 2.45) is 0 Å². The molecule has 2 aromatic rings. The summed E-state index contributed by atoms with van der Waals surface area (Å²) in [6.45, 7) is 6.04. The zero-order chi connectivity index (χ0) is 21.3. The molecular formula is C23H28Cl2N2O3. The van der Waals surface area contributed by atoms with Gasteiger partial charge < -0.3 is 19.7 Å². The molecule has 1 heterocycles. The summed E-state index contributed by atoms with van der Waals surface area (Å²) in [5.41, 5.74) is 2.03. The lowest BCUT2D eigenvalue weighted by molar-refractivity contribution is -0.127. The van der Waals surface area contributed by atoms with E-state index in [1.54, 1.807) is 0 Å². The van der Waals surface area contributed by atoms with Gasteiger partial charge in [-0.05, 0) is 61.7 Å². The Hall–Kier alpha value is -1.95. The van der Waals surface area contributed by atoms with Gasteiger partial charge in [-0.1, -0.05) is 35.3 Å². The quantitative estimate of drug-likeness (QED) is 0.485. The first-order valence-corrected chi connectivity index (χ1v) is 11.1. The van der Waals surface area contributed by atoms with E-state index in [1.165, 1.54) is 0 Å². The Labute approximate surface area is 188 Å². The zero-order valence-electron chi connectivity index (χ0n) is 17.3. The second kappa shape index (κ2) is 11.4. The molecule has 0 bridgehead atoms. The third-order valence-corrected chi connectivity index (χ3v) is 5.48. The van der Waals surface area contributed by atoms with Gasteiger partial charge in [-0.25, -0.2) is 0 Å². The normalized spacial score (nSPS) is 13.7. The summed E-state index contributed by atoms with van der Waals surface area (Å²) in [5.74, 6) is 1.46. The second-order valence-electron chi connectivity index (χ2n) is 7.27. The molecule has 1 saturated heterocycles. The number of rotatable bonds is 11. The van der Waals surface area contributed by atoms with Crippen LogP contribution in [-0.2, 0) is 17.9 Å². The van der Waals surface area contributed by atoms with Crippen LogP contribution in [0, 0.1) is 0 Å². The monoisotopic (exact) mass is 450 g/mol. The number of nitrogens with zero attached hydrogens (tertiary/aromatic N) is 1. The SMILES string of the molecule is CCOc1cc(CNCCCN2CCCC2=O)cc(Cl)c1OCc1ccc(Cl)cc1. The van der Waals surface area contributed by atoms with E-state index in [-0.39, 0.29) is 5.91 Å². The van der Waals surface area contributed by atoms with Crippen LogP contribution in [0.25, 0.3) is 0 Å². The Balaban J connectivity index is 1.54. The molecule has 0 aromatic heterocycles. The van der Waals surface area contributed by atoms with Gasteiger partial charge in [0.05, 0.1) is 11.6 Å². The van der Waals surface area contributed by atoms with Crippen molar-refractivity contribution >= 4 is 29.1 Å². The molecule has 7 heteroatoms. The Morgan fingerprint density at radius 1 is 1.10 bits per heavy atom. The van der Waals surface area contributed by atoms with E-state index in [1.807, 2.05) is 48.2 Å². The van der Waals surface area contributed by atoms with Crippen molar-refractivity contribution in [3.8, 4) is 11.5 Å². The molecule has 0 unspecified atom stereocenters. The predicted molar refractivity (Wildman–Crippen MR) is 121 cm³/mol. The van der Waals surface area contributed by atoms with E-state index < -0.39 is 0 Å². The number of carbonyl (C=O) groups excluding carboxylic acids is 1. The number of nitrogens with one attached hydrogen (secondary N) is 1. The highest BCUT2D eigenvalue weighted by molar-refractivity contribution is 6.32. The number of hydrogen-bond acceptors (Lipinski definition) is 4. The lowest BCUT2D eigenvalue weighted by atomic mass is 10.2. The molecule has 0 spiro atoms. The van der Waals surface area contributed by atoms with Crippen LogP contribution in [0.1, 0.15) is 37.3 Å². The minimum absolute atomic E-state index is 0.275. The van der Waals surface area contributed by atoms with Gasteiger partial charge >= 0.3 is 0 Å². The van der Waals surface area contributed by atoms with Gasteiger partial charge in [0.15, 0.2) is 11.5 Å². The van der Waals surface area contributed by atoms with Crippen LogP contribution in [-0.4, -0.2) is 37.0 Å². The smallest absolute Gasteiger partial charge is 0.222 e. The van der Waals surface area contributed by atoms with E-state index in [0.29, 0.717) is 47.7 Å². The van der Waals surface area contributed by atoms with Crippen LogP contribution in [0.2, 0.25) is 10.0 Å². The van der Waals surface area contributed by atoms with Gasteiger partial charge in [-0.3, -0.25) is 4.79 Å². The average Bonchev–Trinajstić information content (AvgIpc) is 3.13. The van der Waals surface area contributed by atoms with E-state index in [0.717, 1.165) is 43.6 Å². The lowest BCUT2D eigenvalue weighted by Gasteiger charge is -2.17. The molecule has 2 aromatic carbocycles. The molecule has 0 aliphatic carbocycles. The van der Waals surface area contributed by atoms with E-state index in [4.69, 9.17) is 32.7 Å². The minimum Gasteiger partial charge on any atom is -0.490 e. The molecule has 3 rings (SSSR count). The third kappa shape index (κ3) is 6.53. The standard InChI is InChI=1S/C23H28Cl2N2O3/c1-2-29-21-14-18(15-26-10-4-12-27-11-3-5-22(27)28)13-20(25)23(21)30-16-17-6-8-19(24)9-7-17/h6-9,13-14,26H,2-5,10-12,15-16H2,1H3. The summed E-state index contributed by atoms with van der Waals surface area (Å²) >= 11 is 12.4. The van der Waals surface area contributed by atoms with Crippen LogP contribution in [0.15, 0.2) is 36.4 Å². The number of ether oxygens (including phenoxy) is 2. The molecule has 1 fully saturated rings. The third-order valence-electron chi connectivity index (χ3n) is 4.95. The van der Waals surface area contributed by atoms with E-state index in [9.17, 15) is 4.79 Å². The first kappa shape index (κ1) is 22.7. The van der Waals surface area contributed by atoms with E-state index >= 15 is 0 Å². The highest BCUT2D eigenvalue weighted by Gasteiger charge is 2.19. The van der Waals surface area contributed by atoms with Gasteiger partial charge in [-0.15, -0.1) is 0 Å². The summed E-state index contributed by atoms with van der Waals surface area (Å²) in [6, 6.07) is 11.4. The molecule has 162 valence electrons. The Kier molecular flexibility index (Phi) is 8.67. The van der Waals surface area contributed by atoms with Crippen LogP contribution >= 0.6 is 23.2 Å². The van der Waals surface area contributed by atoms with Crippen LogP contribution in [0.5, 0.6) is 11.5 Å². The van der Waals surface area contributed by atoms with Crippen molar-refractivity contribution in [1.29, 1.82) is 0 Å². The van der Waals surface area contributed by atoms with Crippen molar-refractivity contribution < 1.29 is 14.3 Å². The van der Waals surface area contributed by atoms with Crippen molar-refractivity contribution in [3.05, 3.63) is 57.6 Å². The number of benzene rings is 2. The molecule has 0 saturated carbocycles. The summed E-state index contributed by atoms with van der Waals surface area (Å²) in [7, 11) is 0. The molecule has 0 atom stereocenters. The second-order valence-corrected chi connectivity index (χ2v) is 8.11. The minimum atomic E-state index is 0.275. The molecular weight excluding hydrogens is 423 g/mol. The Morgan fingerprint density at radius 3 is 2.60 bits per heavy atom. The topological polar surface area (TPSA) is 50.8 Å². The summed E-state index contributed by atoms with van der Waals surface area (Å²) in [6.07, 6.45) is 2.61. The predicted octanol–water partition coefficient (Wildman–Crippen LogP) is 5.07. The van der Waals surface area contributed by atoms with E-state index in [2.05, 4.69) is 5.32 Å². The largest absolute Gasteiger partial charge is 0.490 e. The molecule has 1 aliphatic heterocycles. The lowest BCUT2D eigenvalue weighted by Crippen LogP contribution is -2.28. The van der Waals surface area contributed by atoms with Gasteiger partial charge in [-0.2, -0.15) is 0 Å². The summed E-state index contributed by atoms with van der Waals surface area (Å²) in [5, 5.41) is 4.63. The fourth-order valence-electron chi connectivity index (χ4n) is 3.43. The first-order valence-electron chi connectivity index (χ1n) is 10.4. The van der Waals surface area contributed by atoms with Gasteiger partial charge in [0.25, 0.3) is 0 Å². The Bertz CT molecular complexity index is 843. The van der Waals surface area contributed by atoms with Crippen molar-refractivity contribution in [2.45, 2.75) is 39.3 Å². The van der Waals surface area contributed by atoms with Gasteiger partial charge in [0, 0.05) is 31.1 Å².